The van der Waals surface area contributed by atoms with Gasteiger partial charge in [0.25, 0.3) is 0 Å². The maximum absolute atomic E-state index is 12.7. The van der Waals surface area contributed by atoms with E-state index in [1.807, 2.05) is 24.3 Å². The Bertz CT molecular complexity index is 1330. The van der Waals surface area contributed by atoms with Gasteiger partial charge in [-0.3, -0.25) is 0 Å². The van der Waals surface area contributed by atoms with E-state index in [1.54, 1.807) is 12.4 Å². The molecule has 1 aromatic carbocycles. The molecular formula is C24H21F3N6O2. The molecule has 0 spiro atoms. The molecule has 1 saturated heterocycles. The van der Waals surface area contributed by atoms with Crippen molar-refractivity contribution < 1.29 is 22.7 Å². The number of halogens is 3. The van der Waals surface area contributed by atoms with Crippen LogP contribution in [0.25, 0.3) is 22.3 Å². The highest BCUT2D eigenvalue weighted by molar-refractivity contribution is 6.05. The summed E-state index contributed by atoms with van der Waals surface area (Å²) >= 11 is 0. The van der Waals surface area contributed by atoms with Crippen LogP contribution in [0.3, 0.4) is 0 Å². The molecule has 3 N–H and O–H groups in total. The van der Waals surface area contributed by atoms with Gasteiger partial charge >= 0.3 is 12.2 Å². The van der Waals surface area contributed by atoms with Gasteiger partial charge in [-0.2, -0.15) is 13.2 Å². The first kappa shape index (κ1) is 22.7. The third-order valence-electron chi connectivity index (χ3n) is 5.64. The number of carbonyl (C=O) groups excluding carboxylic acids is 1. The molecule has 4 heterocycles. The van der Waals surface area contributed by atoms with Gasteiger partial charge in [-0.25, -0.2) is 14.8 Å². The van der Waals surface area contributed by atoms with E-state index < -0.39 is 17.8 Å². The summed E-state index contributed by atoms with van der Waals surface area (Å²) in [6.45, 7) is 2.99. The zero-order valence-corrected chi connectivity index (χ0v) is 18.4. The summed E-state index contributed by atoms with van der Waals surface area (Å²) in [6, 6.07) is 11.2. The molecule has 11 heteroatoms. The Kier molecular flexibility index (Phi) is 6.00. The quantitative estimate of drug-likeness (QED) is 0.375. The van der Waals surface area contributed by atoms with Crippen LogP contribution in [0, 0.1) is 0 Å². The Morgan fingerprint density at radius 1 is 1.00 bits per heavy atom. The van der Waals surface area contributed by atoms with Gasteiger partial charge < -0.3 is 25.3 Å². The Morgan fingerprint density at radius 2 is 1.77 bits per heavy atom. The maximum atomic E-state index is 12.7. The first-order valence-electron chi connectivity index (χ1n) is 10.9. The maximum Gasteiger partial charge on any atom is 0.416 e. The fraction of sp³-hybridized carbons (Fsp3) is 0.208. The fourth-order valence-corrected chi connectivity index (χ4v) is 3.81. The molecular weight excluding hydrogens is 461 g/mol. The van der Waals surface area contributed by atoms with E-state index in [1.165, 1.54) is 12.1 Å². The molecule has 1 aliphatic rings. The molecule has 5 rings (SSSR count). The van der Waals surface area contributed by atoms with Crippen LogP contribution in [0.15, 0.2) is 60.9 Å². The highest BCUT2D eigenvalue weighted by Gasteiger charge is 2.30. The van der Waals surface area contributed by atoms with Gasteiger partial charge in [0.2, 0.25) is 0 Å². The van der Waals surface area contributed by atoms with Gasteiger partial charge in [0.1, 0.15) is 11.5 Å². The van der Waals surface area contributed by atoms with E-state index in [0.717, 1.165) is 42.3 Å². The summed E-state index contributed by atoms with van der Waals surface area (Å²) in [7, 11) is 0. The number of ether oxygens (including phenoxy) is 1. The number of aromatic amines is 1. The summed E-state index contributed by atoms with van der Waals surface area (Å²) < 4.78 is 43.5. The number of hydrogen-bond donors (Lipinski definition) is 3. The highest BCUT2D eigenvalue weighted by atomic mass is 19.4. The van der Waals surface area contributed by atoms with Gasteiger partial charge in [-0.1, -0.05) is 0 Å². The number of amides is 2. The second-order valence-electron chi connectivity index (χ2n) is 7.95. The van der Waals surface area contributed by atoms with Gasteiger partial charge in [-0.15, -0.1) is 0 Å². The number of benzene rings is 1. The van der Waals surface area contributed by atoms with Crippen molar-refractivity contribution in [3.8, 4) is 11.3 Å². The van der Waals surface area contributed by atoms with Crippen molar-refractivity contribution in [3.63, 3.8) is 0 Å². The molecule has 0 saturated carbocycles. The van der Waals surface area contributed by atoms with E-state index in [-0.39, 0.29) is 5.69 Å². The number of urea groups is 1. The van der Waals surface area contributed by atoms with Crippen LogP contribution in [0.2, 0.25) is 0 Å². The number of carbonyl (C=O) groups is 1. The second-order valence-corrected chi connectivity index (χ2v) is 7.95. The van der Waals surface area contributed by atoms with Gasteiger partial charge in [-0.05, 0) is 48.5 Å². The molecule has 0 aliphatic carbocycles. The molecule has 35 heavy (non-hydrogen) atoms. The molecule has 1 fully saturated rings. The molecule has 0 bridgehead atoms. The number of nitrogens with zero attached hydrogens (tertiary/aromatic N) is 3. The van der Waals surface area contributed by atoms with Crippen LogP contribution in [0.1, 0.15) is 5.56 Å². The fourth-order valence-electron chi connectivity index (χ4n) is 3.81. The van der Waals surface area contributed by atoms with Crippen molar-refractivity contribution >= 4 is 34.3 Å². The summed E-state index contributed by atoms with van der Waals surface area (Å²) in [5.74, 6) is 0.892. The van der Waals surface area contributed by atoms with E-state index >= 15 is 0 Å². The number of aromatic nitrogens is 3. The van der Waals surface area contributed by atoms with E-state index in [2.05, 4.69) is 30.5 Å². The van der Waals surface area contributed by atoms with Gasteiger partial charge in [0.15, 0.2) is 0 Å². The van der Waals surface area contributed by atoms with Crippen LogP contribution in [0.5, 0.6) is 0 Å². The zero-order valence-electron chi connectivity index (χ0n) is 18.4. The number of rotatable bonds is 4. The van der Waals surface area contributed by atoms with Gasteiger partial charge in [0.05, 0.1) is 30.2 Å². The minimum absolute atomic E-state index is 0.240. The van der Waals surface area contributed by atoms with Crippen LogP contribution in [0.4, 0.5) is 35.2 Å². The minimum atomic E-state index is -4.43. The van der Waals surface area contributed by atoms with E-state index in [9.17, 15) is 18.0 Å². The molecule has 8 nitrogen and oxygen atoms in total. The molecule has 4 aromatic rings. The molecule has 0 radical (unpaired) electrons. The summed E-state index contributed by atoms with van der Waals surface area (Å²) in [5, 5.41) is 5.90. The lowest BCUT2D eigenvalue weighted by Gasteiger charge is -2.27. The number of alkyl halides is 3. The number of pyridine rings is 2. The van der Waals surface area contributed by atoms with Crippen LogP contribution >= 0.6 is 0 Å². The lowest BCUT2D eigenvalue weighted by molar-refractivity contribution is -0.137. The normalized spacial score (nSPS) is 14.2. The number of morpholine rings is 1. The minimum Gasteiger partial charge on any atom is -0.378 e. The summed E-state index contributed by atoms with van der Waals surface area (Å²) in [5.41, 5.74) is 2.10. The third-order valence-corrected chi connectivity index (χ3v) is 5.64. The highest BCUT2D eigenvalue weighted by Crippen LogP contribution is 2.30. The molecule has 1 aliphatic heterocycles. The third kappa shape index (κ3) is 5.04. The first-order valence-corrected chi connectivity index (χ1v) is 10.9. The predicted octanol–water partition coefficient (Wildman–Crippen LogP) is 5.12. The first-order chi connectivity index (χ1) is 16.9. The smallest absolute Gasteiger partial charge is 0.378 e. The lowest BCUT2D eigenvalue weighted by Crippen LogP contribution is -2.36. The molecule has 0 atom stereocenters. The zero-order chi connectivity index (χ0) is 24.4. The monoisotopic (exact) mass is 482 g/mol. The Labute approximate surface area is 198 Å². The van der Waals surface area contributed by atoms with Crippen molar-refractivity contribution in [2.75, 3.05) is 41.8 Å². The lowest BCUT2D eigenvalue weighted by atomic mass is 10.1. The Balaban J connectivity index is 1.26. The van der Waals surface area contributed by atoms with Crippen molar-refractivity contribution in [2.24, 2.45) is 0 Å². The number of H-pyrrole nitrogens is 1. The topological polar surface area (TPSA) is 95.2 Å². The Hall–Kier alpha value is -4.12. The number of anilines is 3. The van der Waals surface area contributed by atoms with Gasteiger partial charge in [0, 0.05) is 42.1 Å². The number of fused-ring (bicyclic) bond motifs is 1. The largest absolute Gasteiger partial charge is 0.416 e. The number of hydrogen-bond acceptors (Lipinski definition) is 5. The van der Waals surface area contributed by atoms with Crippen LogP contribution in [-0.2, 0) is 10.9 Å². The standard InChI is InChI=1S/C24H21F3N6O2/c25-24(26,27)16-2-4-17(5-3-16)30-23(34)32-20-14-29-22-18(20)6-7-19(31-22)15-1-8-21(28-13-15)33-9-11-35-12-10-33/h1-8,13-14H,9-12H2,(H,29,31)(H2,30,32,34). The molecule has 180 valence electrons. The summed E-state index contributed by atoms with van der Waals surface area (Å²) in [4.78, 5) is 26.7. The van der Waals surface area contributed by atoms with Crippen molar-refractivity contribution in [3.05, 3.63) is 66.5 Å². The predicted molar refractivity (Wildman–Crippen MR) is 126 cm³/mol. The summed E-state index contributed by atoms with van der Waals surface area (Å²) in [6.07, 6.45) is -1.05. The van der Waals surface area contributed by atoms with Crippen LogP contribution in [-0.4, -0.2) is 47.3 Å². The average molecular weight is 482 g/mol. The van der Waals surface area contributed by atoms with Crippen molar-refractivity contribution in [1.82, 2.24) is 15.0 Å². The second kappa shape index (κ2) is 9.26. The molecule has 2 amide bonds. The Morgan fingerprint density at radius 3 is 2.46 bits per heavy atom. The van der Waals surface area contributed by atoms with E-state index in [4.69, 9.17) is 4.74 Å². The van der Waals surface area contributed by atoms with Crippen LogP contribution < -0.4 is 15.5 Å². The van der Waals surface area contributed by atoms with Crippen molar-refractivity contribution in [1.29, 1.82) is 0 Å². The number of nitrogens with one attached hydrogen (secondary N) is 3. The van der Waals surface area contributed by atoms with Crippen molar-refractivity contribution in [2.45, 2.75) is 6.18 Å². The molecule has 3 aromatic heterocycles. The SMILES string of the molecule is O=C(Nc1ccc(C(F)(F)F)cc1)Nc1c[nH]c2nc(-c3ccc(N4CCOCC4)nc3)ccc12. The molecule has 0 unspecified atom stereocenters. The van der Waals surface area contributed by atoms with E-state index in [0.29, 0.717) is 29.9 Å². The average Bonchev–Trinajstić information content (AvgIpc) is 3.26.